The monoisotopic (exact) mass is 490 g/mol. The summed E-state index contributed by atoms with van der Waals surface area (Å²) in [4.78, 5) is 27.4. The molecule has 0 aliphatic carbocycles. The summed E-state index contributed by atoms with van der Waals surface area (Å²) in [6.45, 7) is 0.246. The summed E-state index contributed by atoms with van der Waals surface area (Å²) in [6, 6.07) is 15.3. The number of carbonyl (C=O) groups excluding carboxylic acids is 2. The summed E-state index contributed by atoms with van der Waals surface area (Å²) in [5.74, 6) is 4.63. The van der Waals surface area contributed by atoms with E-state index in [1.807, 2.05) is 5.43 Å². The van der Waals surface area contributed by atoms with Crippen LogP contribution in [0.1, 0.15) is 31.8 Å². The molecule has 0 atom stereocenters. The van der Waals surface area contributed by atoms with Crippen molar-refractivity contribution >= 4 is 34.0 Å². The van der Waals surface area contributed by atoms with Crippen molar-refractivity contribution in [2.45, 2.75) is 11.4 Å². The van der Waals surface area contributed by atoms with Crippen LogP contribution >= 0.6 is 0 Å². The van der Waals surface area contributed by atoms with E-state index < -0.39 is 16.0 Å². The van der Waals surface area contributed by atoms with Crippen LogP contribution in [0, 0.1) is 0 Å². The van der Waals surface area contributed by atoms with Gasteiger partial charge in [0.15, 0.2) is 0 Å². The molecule has 0 unspecified atom stereocenters. The third kappa shape index (κ3) is 7.45. The maximum atomic E-state index is 12.3. The average Bonchev–Trinajstić information content (AvgIpc) is 2.82. The molecule has 0 radical (unpaired) electrons. The molecule has 0 fully saturated rings. The molecule has 13 heteroatoms. The van der Waals surface area contributed by atoms with Gasteiger partial charge in [-0.2, -0.15) is 5.10 Å². The number of amides is 2. The summed E-state index contributed by atoms with van der Waals surface area (Å²) in [7, 11) is -4.63. The predicted molar refractivity (Wildman–Crippen MR) is 119 cm³/mol. The van der Waals surface area contributed by atoms with E-state index in [0.717, 1.165) is 5.56 Å². The second-order valence-corrected chi connectivity index (χ2v) is 8.00. The minimum atomic E-state index is -4.63. The smallest absolute Gasteiger partial charge is 0.744 e. The zero-order chi connectivity index (χ0) is 23.8. The van der Waals surface area contributed by atoms with Gasteiger partial charge in [-0.05, 0) is 35.9 Å². The number of pyridine rings is 1. The minimum Gasteiger partial charge on any atom is -0.744 e. The van der Waals surface area contributed by atoms with Gasteiger partial charge >= 0.3 is 29.6 Å². The van der Waals surface area contributed by atoms with E-state index >= 15 is 0 Å². The predicted octanol–water partition coefficient (Wildman–Crippen LogP) is -2.03. The zero-order valence-corrected chi connectivity index (χ0v) is 20.9. The normalized spacial score (nSPS) is 10.9. The molecular formula is C21H19N6NaO5S. The fourth-order valence-electron chi connectivity index (χ4n) is 2.72. The Morgan fingerprint density at radius 1 is 1.00 bits per heavy atom. The molecule has 5 N–H and O–H groups in total. The maximum Gasteiger partial charge on any atom is 1.00 e. The van der Waals surface area contributed by atoms with Gasteiger partial charge in [0.2, 0.25) is 0 Å². The number of rotatable bonds is 8. The molecule has 0 aliphatic rings. The summed E-state index contributed by atoms with van der Waals surface area (Å²) in [6.07, 6.45) is 2.54. The van der Waals surface area contributed by atoms with Crippen molar-refractivity contribution in [3.63, 3.8) is 0 Å². The second-order valence-electron chi connectivity index (χ2n) is 6.65. The van der Waals surface area contributed by atoms with Crippen molar-refractivity contribution in [2.24, 2.45) is 10.9 Å². The SMILES string of the molecule is NNC(=O)c1ccc(CNC(=O)c2ccc(NN=Cc3ccccc3S(=O)(=O)[O-])nc2)cc1.[Na+]. The first-order valence-electron chi connectivity index (χ1n) is 9.46. The average molecular weight is 490 g/mol. The molecule has 3 aromatic rings. The third-order valence-corrected chi connectivity index (χ3v) is 5.31. The quantitative estimate of drug-likeness (QED) is 0.0697. The van der Waals surface area contributed by atoms with Gasteiger partial charge in [0.25, 0.3) is 11.8 Å². The van der Waals surface area contributed by atoms with Crippen LogP contribution in [0.25, 0.3) is 0 Å². The van der Waals surface area contributed by atoms with E-state index in [2.05, 4.69) is 20.8 Å². The summed E-state index contributed by atoms with van der Waals surface area (Å²) < 4.78 is 33.8. The van der Waals surface area contributed by atoms with Gasteiger partial charge in [-0.15, -0.1) is 0 Å². The molecule has 170 valence electrons. The number of hydrogen-bond donors (Lipinski definition) is 4. The number of benzene rings is 2. The van der Waals surface area contributed by atoms with Gasteiger partial charge in [-0.1, -0.05) is 30.3 Å². The van der Waals surface area contributed by atoms with Crippen molar-refractivity contribution in [3.8, 4) is 0 Å². The van der Waals surface area contributed by atoms with Crippen molar-refractivity contribution in [1.29, 1.82) is 0 Å². The molecule has 0 spiro atoms. The summed E-state index contributed by atoms with van der Waals surface area (Å²) >= 11 is 0. The van der Waals surface area contributed by atoms with E-state index in [0.29, 0.717) is 16.9 Å². The number of nitrogens with zero attached hydrogens (tertiary/aromatic N) is 2. The number of aromatic nitrogens is 1. The van der Waals surface area contributed by atoms with Crippen molar-refractivity contribution in [1.82, 2.24) is 15.7 Å². The van der Waals surface area contributed by atoms with Gasteiger partial charge < -0.3 is 9.87 Å². The van der Waals surface area contributed by atoms with Crippen LogP contribution < -0.4 is 51.6 Å². The van der Waals surface area contributed by atoms with Crippen LogP contribution in [-0.2, 0) is 16.7 Å². The number of nitrogen functional groups attached to an aromatic ring is 1. The molecule has 34 heavy (non-hydrogen) atoms. The Morgan fingerprint density at radius 2 is 1.68 bits per heavy atom. The Labute approximate surface area is 217 Å². The van der Waals surface area contributed by atoms with Crippen molar-refractivity contribution in [2.75, 3.05) is 5.43 Å². The largest absolute Gasteiger partial charge is 1.00 e. The number of hydrazine groups is 1. The van der Waals surface area contributed by atoms with Gasteiger partial charge in [-0.3, -0.25) is 20.4 Å². The van der Waals surface area contributed by atoms with Gasteiger partial charge in [0, 0.05) is 23.9 Å². The maximum absolute atomic E-state index is 12.3. The molecule has 2 amide bonds. The molecule has 1 aromatic heterocycles. The second kappa shape index (κ2) is 12.4. The first-order chi connectivity index (χ1) is 15.8. The van der Waals surface area contributed by atoms with E-state index in [9.17, 15) is 22.6 Å². The van der Waals surface area contributed by atoms with Crippen LogP contribution in [0.2, 0.25) is 0 Å². The number of nitrogens with one attached hydrogen (secondary N) is 3. The van der Waals surface area contributed by atoms with Gasteiger partial charge in [0.05, 0.1) is 16.7 Å². The van der Waals surface area contributed by atoms with E-state index in [4.69, 9.17) is 5.84 Å². The molecule has 0 saturated heterocycles. The molecule has 0 bridgehead atoms. The zero-order valence-electron chi connectivity index (χ0n) is 18.1. The number of hydrogen-bond acceptors (Lipinski definition) is 9. The topological polar surface area (TPSA) is 179 Å². The Morgan fingerprint density at radius 3 is 2.29 bits per heavy atom. The molecule has 3 rings (SSSR count). The Bertz CT molecular complexity index is 1280. The molecule has 1 heterocycles. The van der Waals surface area contributed by atoms with E-state index in [-0.39, 0.29) is 52.5 Å². The van der Waals surface area contributed by atoms with Crippen LogP contribution in [-0.4, -0.2) is 36.0 Å². The molecule has 0 aliphatic heterocycles. The number of anilines is 1. The van der Waals surface area contributed by atoms with Crippen LogP contribution in [0.3, 0.4) is 0 Å². The standard InChI is InChI=1S/C21H20N6O5S.Na/c22-26-21(29)15-7-5-14(6-8-15)11-24-20(28)17-9-10-19(23-12-17)27-25-13-16-3-1-2-4-18(16)33(30,31)32;/h1-10,12-13H,11,22H2,(H,23,27)(H,24,28)(H,26,29)(H,30,31,32);/q;+1/p-1. The Balaban J connectivity index is 0.00000408. The first kappa shape index (κ1) is 27.1. The molecule has 0 saturated carbocycles. The van der Waals surface area contributed by atoms with Crippen molar-refractivity contribution in [3.05, 3.63) is 89.1 Å². The number of carbonyl (C=O) groups is 2. The fourth-order valence-corrected chi connectivity index (χ4v) is 3.37. The van der Waals surface area contributed by atoms with Crippen LogP contribution in [0.5, 0.6) is 0 Å². The first-order valence-corrected chi connectivity index (χ1v) is 10.9. The number of hydrazone groups is 1. The minimum absolute atomic E-state index is 0. The Hall–Kier alpha value is -3.13. The molecule has 11 nitrogen and oxygen atoms in total. The summed E-state index contributed by atoms with van der Waals surface area (Å²) in [5, 5.41) is 6.63. The third-order valence-electron chi connectivity index (χ3n) is 4.40. The van der Waals surface area contributed by atoms with Gasteiger partial charge in [0.1, 0.15) is 15.9 Å². The van der Waals surface area contributed by atoms with Crippen LogP contribution in [0.4, 0.5) is 5.82 Å². The van der Waals surface area contributed by atoms with Gasteiger partial charge in [-0.25, -0.2) is 19.2 Å². The number of nitrogens with two attached hydrogens (primary N) is 1. The van der Waals surface area contributed by atoms with Crippen LogP contribution in [0.15, 0.2) is 76.9 Å². The van der Waals surface area contributed by atoms with Crippen molar-refractivity contribution < 1.29 is 52.1 Å². The Kier molecular flexibility index (Phi) is 9.86. The fraction of sp³-hybridized carbons (Fsp3) is 0.0476. The molecular weight excluding hydrogens is 471 g/mol. The molecule has 2 aromatic carbocycles. The van der Waals surface area contributed by atoms with E-state index in [1.54, 1.807) is 30.3 Å². The van der Waals surface area contributed by atoms with E-state index in [1.165, 1.54) is 42.7 Å². The summed E-state index contributed by atoms with van der Waals surface area (Å²) in [5.41, 5.74) is 6.28.